The molecule has 0 atom stereocenters. The van der Waals surface area contributed by atoms with E-state index in [4.69, 9.17) is 0 Å². The number of aryl methyl sites for hydroxylation is 1. The molecule has 0 saturated carbocycles. The van der Waals surface area contributed by atoms with Gasteiger partial charge in [0.25, 0.3) is 0 Å². The second kappa shape index (κ2) is 3.46. The van der Waals surface area contributed by atoms with Gasteiger partial charge in [0, 0.05) is 0 Å². The lowest BCUT2D eigenvalue weighted by atomic mass is 9.91. The molecule has 0 nitrogen and oxygen atoms in total. The molecule has 4 aromatic carbocycles. The first-order valence-electron chi connectivity index (χ1n) is 6.45. The van der Waals surface area contributed by atoms with Gasteiger partial charge in [0.05, 0.1) is 0 Å². The summed E-state index contributed by atoms with van der Waals surface area (Å²) in [5.41, 5.74) is 1.32. The summed E-state index contributed by atoms with van der Waals surface area (Å²) in [6.07, 6.45) is 1.04. The molecule has 0 heterocycles. The number of hydrogen-bond acceptors (Lipinski definition) is 0. The summed E-state index contributed by atoms with van der Waals surface area (Å²) in [5.74, 6) is 0. The van der Waals surface area contributed by atoms with Crippen LogP contribution in [0.2, 0.25) is 0 Å². The van der Waals surface area contributed by atoms with Crippen molar-refractivity contribution in [3.8, 4) is 0 Å². The number of benzene rings is 4. The van der Waals surface area contributed by atoms with Crippen LogP contribution < -0.4 is 0 Å². The molecular weight excluding hydrogens is 216 g/mol. The maximum absolute atomic E-state index is 3.42. The molecule has 0 heteroatoms. The molecule has 0 bridgehead atoms. The third kappa shape index (κ3) is 1.15. The van der Waals surface area contributed by atoms with E-state index in [0.717, 1.165) is 6.42 Å². The van der Waals surface area contributed by atoms with E-state index in [2.05, 4.69) is 61.5 Å². The molecule has 1 radical (unpaired) electrons. The van der Waals surface area contributed by atoms with Crippen LogP contribution in [0, 0.1) is 6.07 Å². The normalized spacial score (nSPS) is 11.8. The van der Waals surface area contributed by atoms with Crippen molar-refractivity contribution < 1.29 is 0 Å². The summed E-state index contributed by atoms with van der Waals surface area (Å²) in [6.45, 7) is 2.20. The Hall–Kier alpha value is -2.08. The standard InChI is InChI=1S/C18H13/c1-2-12-6-7-15-9-8-13-4-3-5-14-10-11-16(12)18(15)17(13)14/h3-5,7-11H,2H2,1H3. The molecule has 4 aromatic rings. The maximum atomic E-state index is 3.42. The van der Waals surface area contributed by atoms with Gasteiger partial charge in [-0.2, -0.15) is 0 Å². The highest BCUT2D eigenvalue weighted by atomic mass is 14.1. The highest BCUT2D eigenvalue weighted by Gasteiger charge is 2.09. The molecule has 18 heavy (non-hydrogen) atoms. The lowest BCUT2D eigenvalue weighted by Gasteiger charge is -2.12. The fourth-order valence-electron chi connectivity index (χ4n) is 3.02. The van der Waals surface area contributed by atoms with E-state index in [-0.39, 0.29) is 0 Å². The molecule has 0 N–H and O–H groups in total. The van der Waals surface area contributed by atoms with E-state index in [0.29, 0.717) is 0 Å². The van der Waals surface area contributed by atoms with Crippen molar-refractivity contribution in [2.45, 2.75) is 13.3 Å². The van der Waals surface area contributed by atoms with Gasteiger partial charge in [0.2, 0.25) is 0 Å². The Morgan fingerprint density at radius 2 is 1.56 bits per heavy atom. The Balaban J connectivity index is 2.40. The molecule has 0 aliphatic carbocycles. The summed E-state index contributed by atoms with van der Waals surface area (Å²) in [4.78, 5) is 0. The van der Waals surface area contributed by atoms with Crippen LogP contribution in [0.5, 0.6) is 0 Å². The average Bonchev–Trinajstić information content (AvgIpc) is 2.44. The number of rotatable bonds is 1. The summed E-state index contributed by atoms with van der Waals surface area (Å²) in [6, 6.07) is 21.0. The highest BCUT2D eigenvalue weighted by molar-refractivity contribution is 6.23. The molecule has 0 saturated heterocycles. The van der Waals surface area contributed by atoms with Crippen LogP contribution in [0.25, 0.3) is 32.3 Å². The SMILES string of the molecule is CCc1[c]cc2ccc3cccc4ccc1c2c34. The minimum atomic E-state index is 1.04. The third-order valence-corrected chi connectivity index (χ3v) is 3.89. The van der Waals surface area contributed by atoms with E-state index in [1.54, 1.807) is 0 Å². The van der Waals surface area contributed by atoms with Crippen molar-refractivity contribution in [2.75, 3.05) is 0 Å². The Morgan fingerprint density at radius 1 is 0.833 bits per heavy atom. The minimum Gasteiger partial charge on any atom is -0.0612 e. The zero-order valence-electron chi connectivity index (χ0n) is 10.3. The van der Waals surface area contributed by atoms with Gasteiger partial charge >= 0.3 is 0 Å². The first-order valence-corrected chi connectivity index (χ1v) is 6.45. The van der Waals surface area contributed by atoms with Crippen molar-refractivity contribution in [1.29, 1.82) is 0 Å². The second-order valence-corrected chi connectivity index (χ2v) is 4.84. The third-order valence-electron chi connectivity index (χ3n) is 3.89. The zero-order chi connectivity index (χ0) is 12.1. The Bertz CT molecular complexity index is 840. The molecule has 4 rings (SSSR count). The molecule has 0 aliphatic rings. The number of hydrogen-bond donors (Lipinski definition) is 0. The van der Waals surface area contributed by atoms with E-state index in [1.807, 2.05) is 0 Å². The van der Waals surface area contributed by atoms with E-state index in [1.165, 1.54) is 37.9 Å². The minimum absolute atomic E-state index is 1.04. The topological polar surface area (TPSA) is 0 Å². The summed E-state index contributed by atoms with van der Waals surface area (Å²) in [7, 11) is 0. The van der Waals surface area contributed by atoms with E-state index < -0.39 is 0 Å². The Labute approximate surface area is 106 Å². The molecule has 0 aromatic heterocycles. The van der Waals surface area contributed by atoms with Crippen molar-refractivity contribution in [1.82, 2.24) is 0 Å². The molecule has 0 amide bonds. The monoisotopic (exact) mass is 229 g/mol. The summed E-state index contributed by atoms with van der Waals surface area (Å²) >= 11 is 0. The van der Waals surface area contributed by atoms with Crippen LogP contribution in [-0.4, -0.2) is 0 Å². The van der Waals surface area contributed by atoms with Gasteiger partial charge in [0.15, 0.2) is 0 Å². The van der Waals surface area contributed by atoms with Crippen LogP contribution in [0.3, 0.4) is 0 Å². The summed E-state index contributed by atoms with van der Waals surface area (Å²) < 4.78 is 0. The predicted molar refractivity (Wildman–Crippen MR) is 78.4 cm³/mol. The Morgan fingerprint density at radius 3 is 2.33 bits per heavy atom. The van der Waals surface area contributed by atoms with Gasteiger partial charge in [-0.25, -0.2) is 0 Å². The molecule has 0 aliphatic heterocycles. The smallest absolute Gasteiger partial charge is 0.00236 e. The van der Waals surface area contributed by atoms with Gasteiger partial charge in [-0.05, 0) is 56.4 Å². The first-order chi connectivity index (χ1) is 8.88. The molecule has 0 fully saturated rings. The van der Waals surface area contributed by atoms with Crippen LogP contribution in [0.4, 0.5) is 0 Å². The van der Waals surface area contributed by atoms with Crippen LogP contribution in [-0.2, 0) is 6.42 Å². The molecule has 0 spiro atoms. The van der Waals surface area contributed by atoms with Crippen molar-refractivity contribution >= 4 is 32.3 Å². The van der Waals surface area contributed by atoms with Crippen LogP contribution in [0.15, 0.2) is 48.5 Å². The van der Waals surface area contributed by atoms with Gasteiger partial charge < -0.3 is 0 Å². The molecule has 85 valence electrons. The molecule has 0 unspecified atom stereocenters. The van der Waals surface area contributed by atoms with Crippen molar-refractivity contribution in [2.24, 2.45) is 0 Å². The van der Waals surface area contributed by atoms with Crippen molar-refractivity contribution in [3.63, 3.8) is 0 Å². The van der Waals surface area contributed by atoms with E-state index in [9.17, 15) is 0 Å². The lowest BCUT2D eigenvalue weighted by Crippen LogP contribution is -1.88. The maximum Gasteiger partial charge on any atom is -0.00236 e. The quantitative estimate of drug-likeness (QED) is 0.405. The van der Waals surface area contributed by atoms with Crippen molar-refractivity contribution in [3.05, 3.63) is 60.2 Å². The fraction of sp³-hybridized carbons (Fsp3) is 0.111. The molecular formula is C18H13. The van der Waals surface area contributed by atoms with Gasteiger partial charge in [-0.1, -0.05) is 49.4 Å². The fourth-order valence-corrected chi connectivity index (χ4v) is 3.02. The van der Waals surface area contributed by atoms with Crippen LogP contribution in [0.1, 0.15) is 12.5 Å². The second-order valence-electron chi connectivity index (χ2n) is 4.84. The predicted octanol–water partition coefficient (Wildman–Crippen LogP) is 4.95. The summed E-state index contributed by atoms with van der Waals surface area (Å²) in [5, 5.41) is 8.13. The zero-order valence-corrected chi connectivity index (χ0v) is 10.3. The van der Waals surface area contributed by atoms with Crippen LogP contribution >= 0.6 is 0 Å². The van der Waals surface area contributed by atoms with E-state index >= 15 is 0 Å². The Kier molecular flexibility index (Phi) is 1.90. The van der Waals surface area contributed by atoms with Gasteiger partial charge in [-0.3, -0.25) is 0 Å². The van der Waals surface area contributed by atoms with Gasteiger partial charge in [0.1, 0.15) is 0 Å². The first kappa shape index (κ1) is 9.90. The highest BCUT2D eigenvalue weighted by Crippen LogP contribution is 2.35. The van der Waals surface area contributed by atoms with Gasteiger partial charge in [-0.15, -0.1) is 0 Å². The lowest BCUT2D eigenvalue weighted by molar-refractivity contribution is 1.16. The largest absolute Gasteiger partial charge is 0.0612 e. The average molecular weight is 229 g/mol.